The SMILES string of the molecule is Cc1ccc(C(F)F)nc1. The molecular formula is C7H7F2N. The molecule has 10 heavy (non-hydrogen) atoms. The Labute approximate surface area is 57.7 Å². The summed E-state index contributed by atoms with van der Waals surface area (Å²) in [6, 6.07) is 2.95. The van der Waals surface area contributed by atoms with Crippen molar-refractivity contribution in [3.63, 3.8) is 0 Å². The van der Waals surface area contributed by atoms with Crippen LogP contribution in [0.15, 0.2) is 18.3 Å². The van der Waals surface area contributed by atoms with Gasteiger partial charge in [0.25, 0.3) is 6.43 Å². The van der Waals surface area contributed by atoms with E-state index in [1.165, 1.54) is 12.3 Å². The van der Waals surface area contributed by atoms with Crippen molar-refractivity contribution in [2.75, 3.05) is 0 Å². The van der Waals surface area contributed by atoms with Crippen molar-refractivity contribution in [1.82, 2.24) is 4.98 Å². The lowest BCUT2D eigenvalue weighted by atomic mass is 10.3. The monoisotopic (exact) mass is 143 g/mol. The van der Waals surface area contributed by atoms with E-state index in [2.05, 4.69) is 4.98 Å². The number of pyridine rings is 1. The van der Waals surface area contributed by atoms with Crippen molar-refractivity contribution < 1.29 is 8.78 Å². The number of aryl methyl sites for hydroxylation is 1. The van der Waals surface area contributed by atoms with Crippen molar-refractivity contribution in [3.8, 4) is 0 Å². The third-order valence-electron chi connectivity index (χ3n) is 1.16. The molecule has 3 heteroatoms. The van der Waals surface area contributed by atoms with Gasteiger partial charge in [0.05, 0.1) is 0 Å². The second-order valence-electron chi connectivity index (χ2n) is 2.06. The second kappa shape index (κ2) is 2.73. The second-order valence-corrected chi connectivity index (χ2v) is 2.06. The van der Waals surface area contributed by atoms with E-state index < -0.39 is 6.43 Å². The van der Waals surface area contributed by atoms with Crippen LogP contribution >= 0.6 is 0 Å². The fraction of sp³-hybridized carbons (Fsp3) is 0.286. The van der Waals surface area contributed by atoms with E-state index in [1.54, 1.807) is 6.07 Å². The zero-order chi connectivity index (χ0) is 7.56. The lowest BCUT2D eigenvalue weighted by molar-refractivity contribution is 0.146. The molecule has 0 aliphatic heterocycles. The zero-order valence-electron chi connectivity index (χ0n) is 5.51. The minimum Gasteiger partial charge on any atom is -0.255 e. The maximum atomic E-state index is 11.8. The molecule has 0 atom stereocenters. The van der Waals surface area contributed by atoms with Gasteiger partial charge in [0.2, 0.25) is 0 Å². The summed E-state index contributed by atoms with van der Waals surface area (Å²) in [6.07, 6.45) is -1.03. The molecule has 0 amide bonds. The first-order valence-electron chi connectivity index (χ1n) is 2.91. The maximum absolute atomic E-state index is 11.8. The third kappa shape index (κ3) is 1.50. The molecule has 1 rings (SSSR count). The van der Waals surface area contributed by atoms with Crippen LogP contribution in [0.4, 0.5) is 8.78 Å². The van der Waals surface area contributed by atoms with Gasteiger partial charge in [-0.15, -0.1) is 0 Å². The zero-order valence-corrected chi connectivity index (χ0v) is 5.51. The fourth-order valence-electron chi connectivity index (χ4n) is 0.608. The molecule has 1 aromatic rings. The molecule has 0 saturated heterocycles. The lowest BCUT2D eigenvalue weighted by Gasteiger charge is -1.96. The minimum atomic E-state index is -2.46. The number of nitrogens with zero attached hydrogens (tertiary/aromatic N) is 1. The van der Waals surface area contributed by atoms with Gasteiger partial charge in [0.1, 0.15) is 5.69 Å². The van der Waals surface area contributed by atoms with Gasteiger partial charge in [-0.1, -0.05) is 6.07 Å². The van der Waals surface area contributed by atoms with Crippen LogP contribution in [0.5, 0.6) is 0 Å². The molecule has 0 unspecified atom stereocenters. The highest BCUT2D eigenvalue weighted by atomic mass is 19.3. The van der Waals surface area contributed by atoms with Crippen LogP contribution in [0.2, 0.25) is 0 Å². The molecular weight excluding hydrogens is 136 g/mol. The smallest absolute Gasteiger partial charge is 0.255 e. The van der Waals surface area contributed by atoms with E-state index in [0.29, 0.717) is 0 Å². The van der Waals surface area contributed by atoms with Gasteiger partial charge >= 0.3 is 0 Å². The number of aromatic nitrogens is 1. The summed E-state index contributed by atoms with van der Waals surface area (Å²) in [5, 5.41) is 0. The first kappa shape index (κ1) is 7.12. The standard InChI is InChI=1S/C7H7F2N/c1-5-2-3-6(7(8)9)10-4-5/h2-4,7H,1H3. The van der Waals surface area contributed by atoms with E-state index in [4.69, 9.17) is 0 Å². The van der Waals surface area contributed by atoms with E-state index >= 15 is 0 Å². The number of halogens is 2. The summed E-state index contributed by atoms with van der Waals surface area (Å²) in [6.45, 7) is 1.81. The Hall–Kier alpha value is -0.990. The topological polar surface area (TPSA) is 12.9 Å². The van der Waals surface area contributed by atoms with E-state index in [9.17, 15) is 8.78 Å². The summed E-state index contributed by atoms with van der Waals surface area (Å²) >= 11 is 0. The Morgan fingerprint density at radius 2 is 2.10 bits per heavy atom. The van der Waals surface area contributed by atoms with Gasteiger partial charge in [-0.3, -0.25) is 4.98 Å². The van der Waals surface area contributed by atoms with Crippen LogP contribution in [0.25, 0.3) is 0 Å². The lowest BCUT2D eigenvalue weighted by Crippen LogP contribution is -1.88. The molecule has 0 aliphatic rings. The van der Waals surface area contributed by atoms with Crippen LogP contribution in [0.3, 0.4) is 0 Å². The molecule has 0 saturated carbocycles. The summed E-state index contributed by atoms with van der Waals surface area (Å²) in [5.74, 6) is 0. The molecule has 54 valence electrons. The quantitative estimate of drug-likeness (QED) is 0.587. The van der Waals surface area contributed by atoms with Crippen LogP contribution in [-0.4, -0.2) is 4.98 Å². The summed E-state index contributed by atoms with van der Waals surface area (Å²) in [4.78, 5) is 3.53. The van der Waals surface area contributed by atoms with E-state index in [0.717, 1.165) is 5.56 Å². The first-order valence-corrected chi connectivity index (χ1v) is 2.91. The molecule has 0 spiro atoms. The predicted octanol–water partition coefficient (Wildman–Crippen LogP) is 2.33. The largest absolute Gasteiger partial charge is 0.280 e. The Morgan fingerprint density at radius 3 is 2.50 bits per heavy atom. The van der Waals surface area contributed by atoms with Gasteiger partial charge in [-0.2, -0.15) is 0 Å². The van der Waals surface area contributed by atoms with E-state index in [1.807, 2.05) is 6.92 Å². The molecule has 0 radical (unpaired) electrons. The highest BCUT2D eigenvalue weighted by Crippen LogP contribution is 2.15. The van der Waals surface area contributed by atoms with Gasteiger partial charge in [-0.05, 0) is 18.6 Å². The Bertz CT molecular complexity index is 205. The van der Waals surface area contributed by atoms with Gasteiger partial charge < -0.3 is 0 Å². The van der Waals surface area contributed by atoms with Crippen molar-refractivity contribution in [2.45, 2.75) is 13.3 Å². The molecule has 1 nitrogen and oxygen atoms in total. The van der Waals surface area contributed by atoms with E-state index in [-0.39, 0.29) is 5.69 Å². The third-order valence-corrected chi connectivity index (χ3v) is 1.16. The van der Waals surface area contributed by atoms with Gasteiger partial charge in [0, 0.05) is 6.20 Å². The number of rotatable bonds is 1. The molecule has 1 aromatic heterocycles. The van der Waals surface area contributed by atoms with Crippen molar-refractivity contribution in [3.05, 3.63) is 29.6 Å². The van der Waals surface area contributed by atoms with Crippen molar-refractivity contribution in [2.24, 2.45) is 0 Å². The molecule has 0 aromatic carbocycles. The average molecular weight is 143 g/mol. The van der Waals surface area contributed by atoms with Crippen LogP contribution in [0.1, 0.15) is 17.7 Å². The number of hydrogen-bond donors (Lipinski definition) is 0. The Balaban J connectivity index is 2.89. The molecule has 0 bridgehead atoms. The summed E-state index contributed by atoms with van der Waals surface area (Å²) in [5.41, 5.74) is 0.731. The fourth-order valence-corrected chi connectivity index (χ4v) is 0.608. The van der Waals surface area contributed by atoms with Crippen LogP contribution < -0.4 is 0 Å². The summed E-state index contributed by atoms with van der Waals surface area (Å²) in [7, 11) is 0. The highest BCUT2D eigenvalue weighted by Gasteiger charge is 2.05. The molecule has 0 N–H and O–H groups in total. The summed E-state index contributed by atoms with van der Waals surface area (Å²) < 4.78 is 23.7. The predicted molar refractivity (Wildman–Crippen MR) is 33.9 cm³/mol. The maximum Gasteiger partial charge on any atom is 0.280 e. The van der Waals surface area contributed by atoms with Crippen LogP contribution in [0, 0.1) is 6.92 Å². The Morgan fingerprint density at radius 1 is 1.40 bits per heavy atom. The Kier molecular flexibility index (Phi) is 1.94. The highest BCUT2D eigenvalue weighted by molar-refractivity contribution is 5.12. The van der Waals surface area contributed by atoms with Gasteiger partial charge in [-0.25, -0.2) is 8.78 Å². The normalized spacial score (nSPS) is 10.4. The average Bonchev–Trinajstić information content (AvgIpc) is 1.88. The van der Waals surface area contributed by atoms with Gasteiger partial charge in [0.15, 0.2) is 0 Å². The van der Waals surface area contributed by atoms with Crippen molar-refractivity contribution >= 4 is 0 Å². The molecule has 0 fully saturated rings. The first-order chi connectivity index (χ1) is 4.70. The van der Waals surface area contributed by atoms with Crippen molar-refractivity contribution in [1.29, 1.82) is 0 Å². The molecule has 0 aliphatic carbocycles. The minimum absolute atomic E-state index is 0.161. The molecule has 1 heterocycles. The van der Waals surface area contributed by atoms with Crippen LogP contribution in [-0.2, 0) is 0 Å². The number of hydrogen-bond acceptors (Lipinski definition) is 1. The number of alkyl halides is 2.